The summed E-state index contributed by atoms with van der Waals surface area (Å²) in [5, 5.41) is 106. The number of benzene rings is 3. The Morgan fingerprint density at radius 1 is 0.517 bits per heavy atom. The van der Waals surface area contributed by atoms with Crippen LogP contribution in [0.3, 0.4) is 0 Å². The van der Waals surface area contributed by atoms with Gasteiger partial charge < -0.3 is 70.4 Å². The molecule has 0 aliphatic carbocycles. The molecule has 3 fully saturated rings. The van der Waals surface area contributed by atoms with Gasteiger partial charge in [0.15, 0.2) is 5.78 Å². The average molecular weight is 843 g/mol. The van der Waals surface area contributed by atoms with E-state index < -0.39 is 85.5 Å². The van der Waals surface area contributed by atoms with E-state index in [4.69, 9.17) is 14.2 Å². The van der Waals surface area contributed by atoms with Gasteiger partial charge in [-0.15, -0.1) is 0 Å². The van der Waals surface area contributed by atoms with E-state index in [0.717, 1.165) is 29.5 Å². The Hall–Kier alpha value is -3.49. The molecule has 15 nitrogen and oxygen atoms in total. The van der Waals surface area contributed by atoms with E-state index in [0.29, 0.717) is 12.8 Å². The number of ketones is 1. The van der Waals surface area contributed by atoms with Crippen LogP contribution in [0.15, 0.2) is 97.1 Å². The third-order valence-corrected chi connectivity index (χ3v) is 10.7. The van der Waals surface area contributed by atoms with Crippen LogP contribution in [0.2, 0.25) is 0 Å². The van der Waals surface area contributed by atoms with Gasteiger partial charge in [-0.3, -0.25) is 4.79 Å². The summed E-state index contributed by atoms with van der Waals surface area (Å²) in [6, 6.07) is 29.1. The summed E-state index contributed by atoms with van der Waals surface area (Å²) < 4.78 is 15.7. The normalized spacial score (nSPS) is 31.5. The Balaban J connectivity index is 0.000000198. The molecular formula is C45H62O15. The van der Waals surface area contributed by atoms with Crippen molar-refractivity contribution in [2.24, 2.45) is 0 Å². The highest BCUT2D eigenvalue weighted by Crippen LogP contribution is 2.23. The van der Waals surface area contributed by atoms with Crippen LogP contribution in [0.1, 0.15) is 48.8 Å². The third-order valence-electron chi connectivity index (χ3n) is 10.7. The molecule has 3 aliphatic rings. The Morgan fingerprint density at radius 2 is 0.867 bits per heavy atom. The number of ether oxygens (including phenoxy) is 3. The van der Waals surface area contributed by atoms with Gasteiger partial charge >= 0.3 is 0 Å². The van der Waals surface area contributed by atoms with Gasteiger partial charge in [-0.2, -0.15) is 0 Å². The molecule has 0 bridgehead atoms. The van der Waals surface area contributed by atoms with Crippen molar-refractivity contribution < 1.29 is 75.2 Å². The predicted octanol–water partition coefficient (Wildman–Crippen LogP) is -0.156. The monoisotopic (exact) mass is 842 g/mol. The van der Waals surface area contributed by atoms with E-state index in [9.17, 15) is 61.0 Å². The molecule has 3 aliphatic heterocycles. The molecule has 15 heteroatoms. The quantitative estimate of drug-likeness (QED) is 0.0943. The zero-order chi connectivity index (χ0) is 43.6. The summed E-state index contributed by atoms with van der Waals surface area (Å²) in [6.07, 6.45) is -7.64. The molecule has 0 unspecified atom stereocenters. The van der Waals surface area contributed by atoms with E-state index in [1.54, 1.807) is 6.08 Å². The predicted molar refractivity (Wildman–Crippen MR) is 219 cm³/mol. The molecule has 11 N–H and O–H groups in total. The molecule has 0 aromatic heterocycles. The molecular weight excluding hydrogens is 780 g/mol. The van der Waals surface area contributed by atoms with Crippen LogP contribution in [0.5, 0.6) is 0 Å². The van der Waals surface area contributed by atoms with Crippen molar-refractivity contribution in [1.82, 2.24) is 0 Å². The first-order valence-electron chi connectivity index (χ1n) is 20.4. The summed E-state index contributed by atoms with van der Waals surface area (Å²) in [4.78, 5) is 11.8. The van der Waals surface area contributed by atoms with Crippen molar-refractivity contribution in [2.75, 3.05) is 19.8 Å². The molecule has 3 saturated heterocycles. The maximum absolute atomic E-state index is 11.8. The zero-order valence-corrected chi connectivity index (χ0v) is 33.5. The lowest BCUT2D eigenvalue weighted by Gasteiger charge is -2.36. The van der Waals surface area contributed by atoms with Crippen LogP contribution in [0.25, 0.3) is 6.08 Å². The second-order valence-corrected chi connectivity index (χ2v) is 15.5. The van der Waals surface area contributed by atoms with Gasteiger partial charge in [-0.1, -0.05) is 97.1 Å². The number of aliphatic hydroxyl groups excluding tert-OH is 11. The summed E-state index contributed by atoms with van der Waals surface area (Å²) in [5.74, 6) is -0.207. The fourth-order valence-electron chi connectivity index (χ4n) is 6.94. The Bertz CT molecular complexity index is 1570. The molecule has 3 aromatic carbocycles. The van der Waals surface area contributed by atoms with Gasteiger partial charge in [0, 0.05) is 19.3 Å². The van der Waals surface area contributed by atoms with Crippen molar-refractivity contribution >= 4 is 11.9 Å². The van der Waals surface area contributed by atoms with Gasteiger partial charge in [-0.05, 0) is 48.4 Å². The molecule has 3 aromatic rings. The summed E-state index contributed by atoms with van der Waals surface area (Å²) >= 11 is 0. The van der Waals surface area contributed by atoms with Crippen LogP contribution < -0.4 is 0 Å². The molecule has 0 saturated carbocycles. The first kappa shape index (κ1) is 49.2. The lowest BCUT2D eigenvalue weighted by Crippen LogP contribution is -2.53. The molecule has 6 rings (SSSR count). The zero-order valence-electron chi connectivity index (χ0n) is 33.5. The number of carbonyl (C=O) groups excluding carboxylic acids is 1. The van der Waals surface area contributed by atoms with Gasteiger partial charge in [0.2, 0.25) is 0 Å². The molecule has 60 heavy (non-hydrogen) atoms. The highest BCUT2D eigenvalue weighted by Gasteiger charge is 2.40. The maximum atomic E-state index is 11.8. The Labute approximate surface area is 350 Å². The first-order valence-corrected chi connectivity index (χ1v) is 20.4. The lowest BCUT2D eigenvalue weighted by molar-refractivity contribution is -0.193. The number of aliphatic hydroxyl groups is 11. The number of carbonyl (C=O) groups is 1. The molecule has 3 heterocycles. The molecule has 0 radical (unpaired) electrons. The average Bonchev–Trinajstić information content (AvgIpc) is 3.26. The van der Waals surface area contributed by atoms with E-state index in [2.05, 4.69) is 0 Å². The first-order chi connectivity index (χ1) is 28.7. The van der Waals surface area contributed by atoms with Crippen molar-refractivity contribution in [3.05, 3.63) is 114 Å². The standard InChI is InChI=1S/2C15H22O5.C15H18O5/c3*16-11(7-6-10-4-2-1-3-5-10)8-13-15(19)14(18)12(17)9-20-13/h2*1-5,11-19H,6-9H2;1-7,12-15,17-19H,8-9H2/b;;7-6+/t11-,12+,13-,14-,15-;11-,12-,13+,14+,15+;12-,13+,14+,15+/m011/s1. The second-order valence-electron chi connectivity index (χ2n) is 15.5. The summed E-state index contributed by atoms with van der Waals surface area (Å²) in [6.45, 7) is -0.124. The fraction of sp³-hybridized carbons (Fsp3) is 0.533. The van der Waals surface area contributed by atoms with Crippen LogP contribution in [0, 0.1) is 0 Å². The highest BCUT2D eigenvalue weighted by molar-refractivity contribution is 5.93. The van der Waals surface area contributed by atoms with Crippen LogP contribution in [-0.2, 0) is 31.8 Å². The summed E-state index contributed by atoms with van der Waals surface area (Å²) in [7, 11) is 0. The number of hydrogen-bond donors (Lipinski definition) is 11. The van der Waals surface area contributed by atoms with E-state index in [1.165, 1.54) is 6.08 Å². The Morgan fingerprint density at radius 3 is 1.27 bits per heavy atom. The number of rotatable bonds is 14. The highest BCUT2D eigenvalue weighted by atomic mass is 16.5. The molecule has 0 spiro atoms. The lowest BCUT2D eigenvalue weighted by atomic mass is 9.94. The van der Waals surface area contributed by atoms with Crippen LogP contribution >= 0.6 is 0 Å². The van der Waals surface area contributed by atoms with E-state index in [-0.39, 0.29) is 44.9 Å². The largest absolute Gasteiger partial charge is 0.393 e. The van der Waals surface area contributed by atoms with E-state index in [1.807, 2.05) is 91.0 Å². The second kappa shape index (κ2) is 25.4. The molecule has 0 amide bonds. The van der Waals surface area contributed by atoms with Gasteiger partial charge in [-0.25, -0.2) is 0 Å². The van der Waals surface area contributed by atoms with Crippen molar-refractivity contribution in [2.45, 2.75) is 130 Å². The number of allylic oxidation sites excluding steroid dienone is 1. The minimum absolute atomic E-state index is 0.0195. The fourth-order valence-corrected chi connectivity index (χ4v) is 6.94. The minimum atomic E-state index is -1.28. The molecule has 14 atom stereocenters. The molecule has 332 valence electrons. The number of hydrogen-bond acceptors (Lipinski definition) is 15. The smallest absolute Gasteiger partial charge is 0.158 e. The summed E-state index contributed by atoms with van der Waals surface area (Å²) in [5.41, 5.74) is 3.20. The SMILES string of the molecule is O=C(/C=C/c1ccccc1)C[C@@H]1OC[C@@H](O)[C@H](O)[C@H]1O.O[C@@H](CCc1ccccc1)C[C@@H]1OC[C@@H](O)[C@H](O)[C@H]1O.O[C@H](CCc1ccccc1)C[C@@H]1OC[C@@H](O)[C@H](O)[C@H]1O. The Kier molecular flexibility index (Phi) is 20.9. The maximum Gasteiger partial charge on any atom is 0.158 e. The van der Waals surface area contributed by atoms with Crippen molar-refractivity contribution in [3.63, 3.8) is 0 Å². The third kappa shape index (κ3) is 16.1. The van der Waals surface area contributed by atoms with Crippen molar-refractivity contribution in [3.8, 4) is 0 Å². The van der Waals surface area contributed by atoms with E-state index >= 15 is 0 Å². The van der Waals surface area contributed by atoms with Crippen LogP contribution in [0.4, 0.5) is 0 Å². The van der Waals surface area contributed by atoms with Gasteiger partial charge in [0.1, 0.15) is 54.9 Å². The van der Waals surface area contributed by atoms with Crippen LogP contribution in [-0.4, -0.2) is 167 Å². The van der Waals surface area contributed by atoms with Gasteiger partial charge in [0.05, 0.1) is 50.3 Å². The van der Waals surface area contributed by atoms with Crippen molar-refractivity contribution in [1.29, 1.82) is 0 Å². The minimum Gasteiger partial charge on any atom is -0.393 e. The number of aryl methyl sites for hydroxylation is 2. The topological polar surface area (TPSA) is 267 Å². The van der Waals surface area contributed by atoms with Gasteiger partial charge in [0.25, 0.3) is 0 Å².